The first-order chi connectivity index (χ1) is 14.7. The zero-order valence-corrected chi connectivity index (χ0v) is 17.1. The highest BCUT2D eigenvalue weighted by molar-refractivity contribution is 6.02. The summed E-state index contributed by atoms with van der Waals surface area (Å²) < 4.78 is 10.1. The van der Waals surface area contributed by atoms with Crippen LogP contribution in [0.5, 0.6) is 0 Å². The number of piperazine rings is 1. The van der Waals surface area contributed by atoms with E-state index in [1.807, 2.05) is 0 Å². The van der Waals surface area contributed by atoms with Crippen molar-refractivity contribution in [2.24, 2.45) is 0 Å². The third-order valence-electron chi connectivity index (χ3n) is 5.08. The van der Waals surface area contributed by atoms with Gasteiger partial charge in [0.25, 0.3) is 11.8 Å². The molecule has 31 heavy (non-hydrogen) atoms. The number of morpholine rings is 1. The first-order valence-electron chi connectivity index (χ1n) is 9.65. The molecule has 1 aromatic carbocycles. The topological polar surface area (TPSA) is 134 Å². The van der Waals surface area contributed by atoms with Crippen LogP contribution in [0.3, 0.4) is 0 Å². The number of hydrogen-bond donors (Lipinski definition) is 1. The van der Waals surface area contributed by atoms with Crippen LogP contribution in [0.2, 0.25) is 0 Å². The highest BCUT2D eigenvalue weighted by Gasteiger charge is 2.42. The fourth-order valence-electron chi connectivity index (χ4n) is 3.42. The molecule has 166 valence electrons. The van der Waals surface area contributed by atoms with Crippen LogP contribution in [-0.4, -0.2) is 96.6 Å². The van der Waals surface area contributed by atoms with Gasteiger partial charge in [0.2, 0.25) is 12.0 Å². The molecule has 2 aliphatic rings. The Morgan fingerprint density at radius 1 is 1.19 bits per heavy atom. The minimum absolute atomic E-state index is 0.0204. The normalized spacial score (nSPS) is 20.5. The van der Waals surface area contributed by atoms with Crippen molar-refractivity contribution in [3.8, 4) is 0 Å². The van der Waals surface area contributed by atoms with Gasteiger partial charge in [0, 0.05) is 44.9 Å². The van der Waals surface area contributed by atoms with Crippen LogP contribution in [0.1, 0.15) is 17.3 Å². The third kappa shape index (κ3) is 4.82. The molecular weight excluding hydrogens is 410 g/mol. The molecule has 2 atom stereocenters. The van der Waals surface area contributed by atoms with Crippen LogP contribution in [0.4, 0.5) is 5.69 Å². The lowest BCUT2D eigenvalue weighted by Gasteiger charge is -2.35. The summed E-state index contributed by atoms with van der Waals surface area (Å²) in [6.45, 7) is 1.99. The van der Waals surface area contributed by atoms with Gasteiger partial charge in [-0.15, -0.1) is 0 Å². The van der Waals surface area contributed by atoms with Crippen molar-refractivity contribution in [2.45, 2.75) is 19.1 Å². The largest absolute Gasteiger partial charge is 0.478 e. The van der Waals surface area contributed by atoms with Gasteiger partial charge in [-0.05, 0) is 18.2 Å². The lowest BCUT2D eigenvalue weighted by molar-refractivity contribution is -0.177. The molecule has 3 amide bonds. The lowest BCUT2D eigenvalue weighted by Crippen LogP contribution is -2.55. The predicted molar refractivity (Wildman–Crippen MR) is 105 cm³/mol. The molecule has 11 nitrogen and oxygen atoms in total. The van der Waals surface area contributed by atoms with Crippen molar-refractivity contribution >= 4 is 35.3 Å². The number of nitrogens with zero attached hydrogens (tertiary/aromatic N) is 3. The summed E-state index contributed by atoms with van der Waals surface area (Å²) in [5.74, 6) is -3.55. The molecule has 2 fully saturated rings. The maximum absolute atomic E-state index is 12.9. The Morgan fingerprint density at radius 3 is 2.58 bits per heavy atom. The van der Waals surface area contributed by atoms with Crippen LogP contribution in [0.15, 0.2) is 24.3 Å². The molecule has 2 heterocycles. The van der Waals surface area contributed by atoms with E-state index < -0.39 is 30.1 Å². The highest BCUT2D eigenvalue weighted by atomic mass is 16.6. The van der Waals surface area contributed by atoms with E-state index >= 15 is 0 Å². The molecular formula is C20H23N3O8. The van der Waals surface area contributed by atoms with Gasteiger partial charge in [0.1, 0.15) is 6.54 Å². The Morgan fingerprint density at radius 2 is 1.94 bits per heavy atom. The number of esters is 1. The monoisotopic (exact) mass is 433 g/mol. The van der Waals surface area contributed by atoms with Gasteiger partial charge in [-0.2, -0.15) is 0 Å². The van der Waals surface area contributed by atoms with Gasteiger partial charge < -0.3 is 29.3 Å². The van der Waals surface area contributed by atoms with Crippen molar-refractivity contribution in [3.05, 3.63) is 29.8 Å². The molecule has 0 aliphatic carbocycles. The second-order valence-electron chi connectivity index (χ2n) is 7.24. The molecule has 0 unspecified atom stereocenters. The molecule has 2 aliphatic heterocycles. The second-order valence-corrected chi connectivity index (χ2v) is 7.24. The van der Waals surface area contributed by atoms with Gasteiger partial charge >= 0.3 is 11.9 Å². The summed E-state index contributed by atoms with van der Waals surface area (Å²) in [6, 6.07) is 6.29. The van der Waals surface area contributed by atoms with Gasteiger partial charge in [0.15, 0.2) is 6.10 Å². The summed E-state index contributed by atoms with van der Waals surface area (Å²) in [4.78, 5) is 64.7. The molecule has 0 saturated carbocycles. The van der Waals surface area contributed by atoms with Crippen LogP contribution in [-0.2, 0) is 28.7 Å². The third-order valence-corrected chi connectivity index (χ3v) is 5.08. The number of anilines is 1. The molecule has 0 aromatic heterocycles. The van der Waals surface area contributed by atoms with E-state index in [2.05, 4.69) is 0 Å². The van der Waals surface area contributed by atoms with E-state index in [-0.39, 0.29) is 31.5 Å². The predicted octanol–water partition coefficient (Wildman–Crippen LogP) is -0.651. The molecule has 1 N–H and O–H groups in total. The number of hydrogen-bond acceptors (Lipinski definition) is 7. The van der Waals surface area contributed by atoms with Gasteiger partial charge in [-0.3, -0.25) is 19.2 Å². The zero-order chi connectivity index (χ0) is 22.7. The van der Waals surface area contributed by atoms with E-state index in [0.29, 0.717) is 24.3 Å². The summed E-state index contributed by atoms with van der Waals surface area (Å²) in [5.41, 5.74) is 0.664. The average molecular weight is 433 g/mol. The SMILES string of the molecule is CC(=O)O[C@@H](C(=O)O)[C@H]1OCCN(c2cccc(C(=O)N3CCN(C)C(=O)C3)c2)C1=O. The smallest absolute Gasteiger partial charge is 0.348 e. The molecule has 1 aromatic rings. The van der Waals surface area contributed by atoms with E-state index in [0.717, 1.165) is 6.92 Å². The highest BCUT2D eigenvalue weighted by Crippen LogP contribution is 2.23. The number of carbonyl (C=O) groups excluding carboxylic acids is 4. The molecule has 2 saturated heterocycles. The van der Waals surface area contributed by atoms with Crippen molar-refractivity contribution in [3.63, 3.8) is 0 Å². The first-order valence-corrected chi connectivity index (χ1v) is 9.65. The molecule has 3 rings (SSSR count). The zero-order valence-electron chi connectivity index (χ0n) is 17.1. The van der Waals surface area contributed by atoms with Crippen LogP contribution >= 0.6 is 0 Å². The van der Waals surface area contributed by atoms with Crippen LogP contribution < -0.4 is 4.90 Å². The fourth-order valence-corrected chi connectivity index (χ4v) is 3.42. The number of carbonyl (C=O) groups is 5. The number of benzene rings is 1. The van der Waals surface area contributed by atoms with E-state index in [1.165, 1.54) is 15.9 Å². The lowest BCUT2D eigenvalue weighted by atomic mass is 10.1. The molecule has 0 radical (unpaired) electrons. The molecule has 0 spiro atoms. The Kier molecular flexibility index (Phi) is 6.54. The van der Waals surface area contributed by atoms with Gasteiger partial charge in [-0.1, -0.05) is 6.07 Å². The Labute approximate surface area is 178 Å². The fraction of sp³-hybridized carbons (Fsp3) is 0.450. The number of likely N-dealkylation sites (N-methyl/N-ethyl adjacent to an activating group) is 1. The van der Waals surface area contributed by atoms with Crippen molar-refractivity contribution < 1.29 is 38.6 Å². The number of ether oxygens (including phenoxy) is 2. The van der Waals surface area contributed by atoms with Crippen molar-refractivity contribution in [2.75, 3.05) is 44.7 Å². The van der Waals surface area contributed by atoms with E-state index in [1.54, 1.807) is 30.1 Å². The Hall–Kier alpha value is -3.47. The first kappa shape index (κ1) is 22.2. The molecule has 0 bridgehead atoms. The van der Waals surface area contributed by atoms with Gasteiger partial charge in [-0.25, -0.2) is 4.79 Å². The van der Waals surface area contributed by atoms with Crippen LogP contribution in [0, 0.1) is 0 Å². The Balaban J connectivity index is 1.80. The number of amides is 3. The summed E-state index contributed by atoms with van der Waals surface area (Å²) in [7, 11) is 1.67. The summed E-state index contributed by atoms with van der Waals surface area (Å²) >= 11 is 0. The number of carboxylic acids is 1. The van der Waals surface area contributed by atoms with Crippen molar-refractivity contribution in [1.82, 2.24) is 9.80 Å². The maximum Gasteiger partial charge on any atom is 0.348 e. The summed E-state index contributed by atoms with van der Waals surface area (Å²) in [5, 5.41) is 9.34. The summed E-state index contributed by atoms with van der Waals surface area (Å²) in [6.07, 6.45) is -3.29. The average Bonchev–Trinajstić information content (AvgIpc) is 2.73. The van der Waals surface area contributed by atoms with Crippen LogP contribution in [0.25, 0.3) is 0 Å². The second kappa shape index (κ2) is 9.13. The Bertz CT molecular complexity index is 917. The quantitative estimate of drug-likeness (QED) is 0.606. The van der Waals surface area contributed by atoms with E-state index in [9.17, 15) is 29.1 Å². The van der Waals surface area contributed by atoms with E-state index in [4.69, 9.17) is 9.47 Å². The van der Waals surface area contributed by atoms with Crippen molar-refractivity contribution in [1.29, 1.82) is 0 Å². The minimum atomic E-state index is -1.78. The minimum Gasteiger partial charge on any atom is -0.478 e. The van der Waals surface area contributed by atoms with Gasteiger partial charge in [0.05, 0.1) is 6.61 Å². The number of rotatable bonds is 5. The number of carboxylic acid groups (broad SMARTS) is 1. The molecule has 11 heteroatoms. The number of aliphatic carboxylic acids is 1. The maximum atomic E-state index is 12.9. The standard InChI is InChI=1S/C20H23N3O8/c1-12(24)31-17(20(28)29)16-19(27)23(8-9-30-16)14-5-3-4-13(10-14)18(26)22-7-6-21(2)15(25)11-22/h3-5,10,16-17H,6-9,11H2,1-2H3,(H,28,29)/t16-,17-/m1/s1.